The first-order valence-corrected chi connectivity index (χ1v) is 9.57. The molecule has 2 aliphatic rings. The molecule has 0 bridgehead atoms. The van der Waals surface area contributed by atoms with Crippen molar-refractivity contribution in [1.29, 1.82) is 0 Å². The van der Waals surface area contributed by atoms with E-state index in [1.807, 2.05) is 31.2 Å². The van der Waals surface area contributed by atoms with Crippen molar-refractivity contribution < 1.29 is 14.2 Å². The number of hydrogen-bond donors (Lipinski definition) is 1. The van der Waals surface area contributed by atoms with Crippen molar-refractivity contribution in [3.63, 3.8) is 0 Å². The third-order valence-electron chi connectivity index (χ3n) is 5.27. The lowest BCUT2D eigenvalue weighted by atomic mass is 9.77. The van der Waals surface area contributed by atoms with Crippen molar-refractivity contribution >= 4 is 17.3 Å². The summed E-state index contributed by atoms with van der Waals surface area (Å²) in [6.45, 7) is 3.39. The maximum atomic E-state index is 6.24. The molecule has 26 heavy (non-hydrogen) atoms. The van der Waals surface area contributed by atoms with Gasteiger partial charge in [-0.1, -0.05) is 17.7 Å². The number of anilines is 1. The number of hydrogen-bond acceptors (Lipinski definition) is 4. The summed E-state index contributed by atoms with van der Waals surface area (Å²) >= 11 is 6.24. The van der Waals surface area contributed by atoms with Crippen LogP contribution in [-0.2, 0) is 4.74 Å². The van der Waals surface area contributed by atoms with Gasteiger partial charge in [0.25, 0.3) is 0 Å². The van der Waals surface area contributed by atoms with E-state index in [2.05, 4.69) is 17.4 Å². The molecule has 5 heteroatoms. The van der Waals surface area contributed by atoms with E-state index in [1.165, 1.54) is 5.56 Å². The Bertz CT molecular complexity index is 795. The number of halogens is 1. The van der Waals surface area contributed by atoms with Gasteiger partial charge in [-0.05, 0) is 55.7 Å². The van der Waals surface area contributed by atoms with Crippen molar-refractivity contribution in [2.45, 2.75) is 31.9 Å². The summed E-state index contributed by atoms with van der Waals surface area (Å²) < 4.78 is 17.4. The monoisotopic (exact) mass is 373 g/mol. The zero-order chi connectivity index (χ0) is 18.1. The Kier molecular flexibility index (Phi) is 4.96. The molecule has 0 aromatic heterocycles. The van der Waals surface area contributed by atoms with E-state index in [0.717, 1.165) is 47.2 Å². The molecule has 138 valence electrons. The van der Waals surface area contributed by atoms with Crippen LogP contribution in [0.4, 0.5) is 5.69 Å². The molecule has 2 aliphatic heterocycles. The van der Waals surface area contributed by atoms with E-state index in [1.54, 1.807) is 7.11 Å². The maximum Gasteiger partial charge on any atom is 0.161 e. The SMILES string of the molecule is CCOc1cc([C@H]2Nc3ccc(Cl)cc3[C@H]3OCCC[C@@H]23)ccc1OC. The lowest BCUT2D eigenvalue weighted by Crippen LogP contribution is -2.36. The number of rotatable bonds is 4. The third-order valence-corrected chi connectivity index (χ3v) is 5.51. The fraction of sp³-hybridized carbons (Fsp3) is 0.429. The fourth-order valence-corrected chi connectivity index (χ4v) is 4.31. The van der Waals surface area contributed by atoms with Gasteiger partial charge in [-0.3, -0.25) is 0 Å². The summed E-state index contributed by atoms with van der Waals surface area (Å²) in [6.07, 6.45) is 2.26. The molecule has 0 aliphatic carbocycles. The Balaban J connectivity index is 1.74. The van der Waals surface area contributed by atoms with Gasteiger partial charge in [-0.15, -0.1) is 0 Å². The number of nitrogens with one attached hydrogen (secondary N) is 1. The highest BCUT2D eigenvalue weighted by molar-refractivity contribution is 6.30. The quantitative estimate of drug-likeness (QED) is 0.780. The molecular weight excluding hydrogens is 350 g/mol. The lowest BCUT2D eigenvalue weighted by Gasteiger charge is -2.43. The van der Waals surface area contributed by atoms with Crippen LogP contribution in [0.1, 0.15) is 43.0 Å². The zero-order valence-corrected chi connectivity index (χ0v) is 15.9. The minimum atomic E-state index is 0.0707. The van der Waals surface area contributed by atoms with Gasteiger partial charge in [0, 0.05) is 28.8 Å². The standard InChI is InChI=1S/C21H24ClNO3/c1-3-25-19-11-13(6-9-18(19)24-2)20-15-5-4-10-26-21(15)16-12-14(22)7-8-17(16)23-20/h6-9,11-12,15,20-21,23H,3-5,10H2,1-2H3/t15-,20+,21-/m0/s1. The van der Waals surface area contributed by atoms with Gasteiger partial charge in [0.2, 0.25) is 0 Å². The molecule has 1 N–H and O–H groups in total. The van der Waals surface area contributed by atoms with Crippen LogP contribution in [0.2, 0.25) is 5.02 Å². The van der Waals surface area contributed by atoms with E-state index >= 15 is 0 Å². The molecule has 0 saturated carbocycles. The minimum Gasteiger partial charge on any atom is -0.493 e. The second kappa shape index (κ2) is 7.37. The van der Waals surface area contributed by atoms with Crippen molar-refractivity contribution in [2.75, 3.05) is 25.6 Å². The van der Waals surface area contributed by atoms with Gasteiger partial charge in [-0.2, -0.15) is 0 Å². The molecule has 0 spiro atoms. The van der Waals surface area contributed by atoms with Gasteiger partial charge in [0.05, 0.1) is 25.9 Å². The summed E-state index contributed by atoms with van der Waals surface area (Å²) in [5.74, 6) is 1.90. The minimum absolute atomic E-state index is 0.0707. The van der Waals surface area contributed by atoms with E-state index in [9.17, 15) is 0 Å². The molecule has 0 amide bonds. The average Bonchev–Trinajstić information content (AvgIpc) is 2.68. The summed E-state index contributed by atoms with van der Waals surface area (Å²) in [6, 6.07) is 12.4. The van der Waals surface area contributed by atoms with E-state index in [-0.39, 0.29) is 12.1 Å². The highest BCUT2D eigenvalue weighted by atomic mass is 35.5. The summed E-state index contributed by atoms with van der Waals surface area (Å²) in [7, 11) is 1.67. The molecular formula is C21H24ClNO3. The largest absolute Gasteiger partial charge is 0.493 e. The molecule has 1 saturated heterocycles. The topological polar surface area (TPSA) is 39.7 Å². The molecule has 3 atom stereocenters. The third kappa shape index (κ3) is 3.12. The Hall–Kier alpha value is -1.91. The van der Waals surface area contributed by atoms with Gasteiger partial charge in [0.1, 0.15) is 0 Å². The first kappa shape index (κ1) is 17.5. The fourth-order valence-electron chi connectivity index (χ4n) is 4.13. The Morgan fingerprint density at radius 2 is 2.08 bits per heavy atom. The second-order valence-electron chi connectivity index (χ2n) is 6.79. The van der Waals surface area contributed by atoms with Gasteiger partial charge >= 0.3 is 0 Å². The molecule has 4 nitrogen and oxygen atoms in total. The predicted octanol–water partition coefficient (Wildman–Crippen LogP) is 5.38. The van der Waals surface area contributed by atoms with Crippen LogP contribution in [0.3, 0.4) is 0 Å². The normalized spacial score (nSPS) is 24.2. The molecule has 2 heterocycles. The van der Waals surface area contributed by atoms with Crippen LogP contribution < -0.4 is 14.8 Å². The van der Waals surface area contributed by atoms with Crippen LogP contribution in [-0.4, -0.2) is 20.3 Å². The van der Waals surface area contributed by atoms with Crippen molar-refractivity contribution in [1.82, 2.24) is 0 Å². The first-order valence-electron chi connectivity index (χ1n) is 9.19. The molecule has 0 unspecified atom stereocenters. The van der Waals surface area contributed by atoms with Crippen molar-refractivity contribution in [3.05, 3.63) is 52.5 Å². The van der Waals surface area contributed by atoms with E-state index in [4.69, 9.17) is 25.8 Å². The highest BCUT2D eigenvalue weighted by Gasteiger charge is 2.40. The molecule has 1 fully saturated rings. The second-order valence-corrected chi connectivity index (χ2v) is 7.23. The Morgan fingerprint density at radius 3 is 2.88 bits per heavy atom. The molecule has 0 radical (unpaired) electrons. The first-order chi connectivity index (χ1) is 12.7. The average molecular weight is 374 g/mol. The van der Waals surface area contributed by atoms with E-state index in [0.29, 0.717) is 12.5 Å². The molecule has 2 aromatic carbocycles. The number of fused-ring (bicyclic) bond motifs is 3. The molecule has 2 aromatic rings. The van der Waals surface area contributed by atoms with Crippen LogP contribution in [0, 0.1) is 5.92 Å². The van der Waals surface area contributed by atoms with Gasteiger partial charge in [-0.25, -0.2) is 0 Å². The summed E-state index contributed by atoms with van der Waals surface area (Å²) in [5.41, 5.74) is 3.45. The van der Waals surface area contributed by atoms with Gasteiger partial charge < -0.3 is 19.5 Å². The van der Waals surface area contributed by atoms with Crippen LogP contribution in [0.5, 0.6) is 11.5 Å². The number of ether oxygens (including phenoxy) is 3. The summed E-state index contributed by atoms with van der Waals surface area (Å²) in [4.78, 5) is 0. The van der Waals surface area contributed by atoms with E-state index < -0.39 is 0 Å². The Labute approximate surface area is 159 Å². The lowest BCUT2D eigenvalue weighted by molar-refractivity contribution is -0.0381. The van der Waals surface area contributed by atoms with Crippen LogP contribution in [0.15, 0.2) is 36.4 Å². The summed E-state index contributed by atoms with van der Waals surface area (Å²) in [5, 5.41) is 4.46. The van der Waals surface area contributed by atoms with Gasteiger partial charge in [0.15, 0.2) is 11.5 Å². The zero-order valence-electron chi connectivity index (χ0n) is 15.1. The highest BCUT2D eigenvalue weighted by Crippen LogP contribution is 2.50. The maximum absolute atomic E-state index is 6.24. The van der Waals surface area contributed by atoms with Crippen LogP contribution in [0.25, 0.3) is 0 Å². The smallest absolute Gasteiger partial charge is 0.161 e. The predicted molar refractivity (Wildman–Crippen MR) is 103 cm³/mol. The van der Waals surface area contributed by atoms with Crippen LogP contribution >= 0.6 is 11.6 Å². The van der Waals surface area contributed by atoms with Crippen molar-refractivity contribution in [2.24, 2.45) is 5.92 Å². The number of methoxy groups -OCH3 is 1. The molecule has 4 rings (SSSR count). The number of benzene rings is 2. The Morgan fingerprint density at radius 1 is 1.19 bits per heavy atom. The van der Waals surface area contributed by atoms with Crippen molar-refractivity contribution in [3.8, 4) is 11.5 Å².